The number of fused-ring (bicyclic) bond motifs is 2. The molecule has 3 amide bonds. The van der Waals surface area contributed by atoms with Gasteiger partial charge in [-0.05, 0) is 31.7 Å². The number of aliphatic hydroxyl groups excluding tert-OH is 1. The molecule has 230 valence electrons. The minimum Gasteiger partial charge on any atom is -0.460 e. The highest BCUT2D eigenvalue weighted by molar-refractivity contribution is 5.99. The number of amides is 3. The van der Waals surface area contributed by atoms with Crippen LogP contribution in [-0.2, 0) is 28.7 Å². The first-order valence-corrected chi connectivity index (χ1v) is 15.6. The molecule has 4 heterocycles. The SMILES string of the molecule is C[C@H]1CNC(=O)CC/C=C\CN(C2CCCCC2)C(=O)[C@H]2N([C@H](CO)c3ccccc3)C(=O)[C@@H]3[C@@H](C(=O)O1)[C@H]1C=C[C@]32O1. The monoisotopic (exact) mass is 591 g/mol. The van der Waals surface area contributed by atoms with Gasteiger partial charge in [0, 0.05) is 19.0 Å². The predicted octanol–water partition coefficient (Wildman–Crippen LogP) is 2.43. The van der Waals surface area contributed by atoms with Crippen LogP contribution < -0.4 is 5.32 Å². The van der Waals surface area contributed by atoms with E-state index >= 15 is 0 Å². The fourth-order valence-corrected chi connectivity index (χ4v) is 7.68. The minimum atomic E-state index is -1.37. The molecular weight excluding hydrogens is 550 g/mol. The fourth-order valence-electron chi connectivity index (χ4n) is 7.68. The Labute approximate surface area is 252 Å². The van der Waals surface area contributed by atoms with Gasteiger partial charge in [0.2, 0.25) is 17.7 Å². The molecular formula is C33H41N3O7. The van der Waals surface area contributed by atoms with Crippen LogP contribution in [0.25, 0.3) is 0 Å². The molecule has 0 unspecified atom stereocenters. The lowest BCUT2D eigenvalue weighted by molar-refractivity contribution is -0.159. The third-order valence-corrected chi connectivity index (χ3v) is 9.72. The summed E-state index contributed by atoms with van der Waals surface area (Å²) in [6, 6.07) is 7.29. The maximum Gasteiger partial charge on any atom is 0.313 e. The van der Waals surface area contributed by atoms with Crippen molar-refractivity contribution in [3.05, 3.63) is 60.2 Å². The first kappa shape index (κ1) is 29.6. The fraction of sp³-hybridized carbons (Fsp3) is 0.576. The molecule has 10 nitrogen and oxygen atoms in total. The summed E-state index contributed by atoms with van der Waals surface area (Å²) >= 11 is 0. The van der Waals surface area contributed by atoms with E-state index in [2.05, 4.69) is 5.32 Å². The Kier molecular flexibility index (Phi) is 8.42. The van der Waals surface area contributed by atoms with Crippen molar-refractivity contribution < 1.29 is 33.8 Å². The van der Waals surface area contributed by atoms with Gasteiger partial charge < -0.3 is 29.7 Å². The van der Waals surface area contributed by atoms with Gasteiger partial charge in [-0.15, -0.1) is 0 Å². The molecule has 2 N–H and O–H groups in total. The third-order valence-electron chi connectivity index (χ3n) is 9.72. The van der Waals surface area contributed by atoms with E-state index in [0.29, 0.717) is 18.5 Å². The van der Waals surface area contributed by atoms with Crippen LogP contribution in [0.3, 0.4) is 0 Å². The molecule has 2 saturated heterocycles. The van der Waals surface area contributed by atoms with Gasteiger partial charge in [-0.1, -0.05) is 73.9 Å². The van der Waals surface area contributed by atoms with Crippen LogP contribution in [-0.4, -0.2) is 88.2 Å². The highest BCUT2D eigenvalue weighted by Gasteiger charge is 2.74. The summed E-state index contributed by atoms with van der Waals surface area (Å²) in [6.07, 6.45) is 11.7. The van der Waals surface area contributed by atoms with Crippen LogP contribution in [0.2, 0.25) is 0 Å². The average Bonchev–Trinajstić information content (AvgIpc) is 3.66. The molecule has 10 heteroatoms. The Morgan fingerprint density at radius 2 is 1.81 bits per heavy atom. The summed E-state index contributed by atoms with van der Waals surface area (Å²) in [6.45, 7) is 1.77. The molecule has 5 aliphatic rings. The summed E-state index contributed by atoms with van der Waals surface area (Å²) in [5.74, 6) is -3.34. The molecule has 0 aromatic heterocycles. The van der Waals surface area contributed by atoms with Crippen molar-refractivity contribution >= 4 is 23.7 Å². The first-order chi connectivity index (χ1) is 20.9. The van der Waals surface area contributed by atoms with Crippen molar-refractivity contribution in [3.63, 3.8) is 0 Å². The zero-order valence-corrected chi connectivity index (χ0v) is 24.6. The van der Waals surface area contributed by atoms with E-state index in [9.17, 15) is 24.3 Å². The van der Waals surface area contributed by atoms with E-state index in [1.54, 1.807) is 19.1 Å². The Bertz CT molecular complexity index is 1290. The second-order valence-corrected chi connectivity index (χ2v) is 12.4. The van der Waals surface area contributed by atoms with Crippen LogP contribution in [0, 0.1) is 11.8 Å². The number of nitrogens with zero attached hydrogens (tertiary/aromatic N) is 2. The lowest BCUT2D eigenvalue weighted by Crippen LogP contribution is -2.58. The van der Waals surface area contributed by atoms with Gasteiger partial charge in [0.15, 0.2) is 0 Å². The Morgan fingerprint density at radius 3 is 2.56 bits per heavy atom. The normalized spacial score (nSPS) is 35.1. The number of ether oxygens (including phenoxy) is 2. The number of esters is 1. The quantitative estimate of drug-likeness (QED) is 0.407. The number of cyclic esters (lactones) is 1. The molecule has 1 aromatic rings. The molecule has 1 spiro atoms. The second-order valence-electron chi connectivity index (χ2n) is 12.4. The molecule has 43 heavy (non-hydrogen) atoms. The van der Waals surface area contributed by atoms with Gasteiger partial charge in [0.25, 0.3) is 0 Å². The summed E-state index contributed by atoms with van der Waals surface area (Å²) in [5.41, 5.74) is -0.673. The van der Waals surface area contributed by atoms with E-state index in [4.69, 9.17) is 9.47 Å². The molecule has 7 atom stereocenters. The highest BCUT2D eigenvalue weighted by atomic mass is 16.6. The molecule has 3 fully saturated rings. The lowest BCUT2D eigenvalue weighted by Gasteiger charge is -2.42. The number of aliphatic hydroxyl groups is 1. The van der Waals surface area contributed by atoms with Crippen molar-refractivity contribution in [3.8, 4) is 0 Å². The van der Waals surface area contributed by atoms with Crippen molar-refractivity contribution in [2.24, 2.45) is 11.8 Å². The van der Waals surface area contributed by atoms with E-state index in [1.165, 1.54) is 4.90 Å². The largest absolute Gasteiger partial charge is 0.460 e. The van der Waals surface area contributed by atoms with E-state index in [-0.39, 0.29) is 30.8 Å². The third kappa shape index (κ3) is 5.29. The smallest absolute Gasteiger partial charge is 0.313 e. The van der Waals surface area contributed by atoms with Gasteiger partial charge in [0.05, 0.1) is 31.2 Å². The standard InChI is InChI=1S/C33H41N3O7/c1-21-19-34-26(38)15-9-4-10-18-35(23-13-7-3-8-14-23)31(40)29-33-17-16-25(43-33)27(32(41)42-21)28(33)30(39)36(29)24(20-37)22-11-5-2-6-12-22/h2,4-6,10-12,16-17,21,23-25,27-29,37H,3,7-9,13-15,18-20H2,1H3,(H,34,38)/b10-4-/t21-,24+,25+,27-,28-,29+,33-/m0/s1. The van der Waals surface area contributed by atoms with Crippen molar-refractivity contribution in [2.75, 3.05) is 19.7 Å². The van der Waals surface area contributed by atoms with Crippen LogP contribution in [0.4, 0.5) is 0 Å². The van der Waals surface area contributed by atoms with Crippen molar-refractivity contribution in [1.29, 1.82) is 0 Å². The maximum atomic E-state index is 14.9. The van der Waals surface area contributed by atoms with Gasteiger partial charge in [0.1, 0.15) is 23.7 Å². The van der Waals surface area contributed by atoms with Crippen LogP contribution in [0.5, 0.6) is 0 Å². The van der Waals surface area contributed by atoms with E-state index in [0.717, 1.165) is 32.1 Å². The first-order valence-electron chi connectivity index (χ1n) is 15.6. The number of hydrogen-bond donors (Lipinski definition) is 2. The number of allylic oxidation sites excluding steroid dienone is 1. The second kappa shape index (κ2) is 12.2. The minimum absolute atomic E-state index is 0.0165. The van der Waals surface area contributed by atoms with E-state index < -0.39 is 60.2 Å². The molecule has 0 radical (unpaired) electrons. The number of hydrogen-bond acceptors (Lipinski definition) is 7. The maximum absolute atomic E-state index is 14.9. The summed E-state index contributed by atoms with van der Waals surface area (Å²) in [5, 5.41) is 13.5. The van der Waals surface area contributed by atoms with Crippen molar-refractivity contribution in [2.45, 2.75) is 87.8 Å². The topological polar surface area (TPSA) is 125 Å². The zero-order valence-electron chi connectivity index (χ0n) is 24.6. The zero-order chi connectivity index (χ0) is 30.1. The number of carbonyl (C=O) groups excluding carboxylic acids is 4. The number of rotatable bonds is 4. The van der Waals surface area contributed by atoms with Gasteiger partial charge in [-0.2, -0.15) is 0 Å². The molecule has 1 aromatic carbocycles. The van der Waals surface area contributed by atoms with Gasteiger partial charge in [-0.25, -0.2) is 0 Å². The molecule has 6 rings (SSSR count). The number of benzene rings is 1. The van der Waals surface area contributed by atoms with Crippen molar-refractivity contribution in [1.82, 2.24) is 15.1 Å². The number of likely N-dealkylation sites (tertiary alicyclic amines) is 1. The molecule has 1 aliphatic carbocycles. The van der Waals surface area contributed by atoms with E-state index in [1.807, 2.05) is 47.4 Å². The Hall–Kier alpha value is -3.50. The summed E-state index contributed by atoms with van der Waals surface area (Å²) < 4.78 is 12.3. The lowest BCUT2D eigenvalue weighted by atomic mass is 9.74. The predicted molar refractivity (Wildman–Crippen MR) is 156 cm³/mol. The summed E-state index contributed by atoms with van der Waals surface area (Å²) in [7, 11) is 0. The Balaban J connectivity index is 1.46. The molecule has 4 aliphatic heterocycles. The number of nitrogens with one attached hydrogen (secondary N) is 1. The average molecular weight is 592 g/mol. The van der Waals surface area contributed by atoms with Crippen LogP contribution in [0.15, 0.2) is 54.6 Å². The van der Waals surface area contributed by atoms with Gasteiger partial charge >= 0.3 is 5.97 Å². The molecule has 1 saturated carbocycles. The van der Waals surface area contributed by atoms with Gasteiger partial charge in [-0.3, -0.25) is 19.2 Å². The molecule has 5 bridgehead atoms. The number of carbonyl (C=O) groups is 4. The highest BCUT2D eigenvalue weighted by Crippen LogP contribution is 2.57. The Morgan fingerprint density at radius 1 is 1.05 bits per heavy atom. The van der Waals surface area contributed by atoms with Crippen LogP contribution >= 0.6 is 0 Å². The van der Waals surface area contributed by atoms with Crippen LogP contribution in [0.1, 0.15) is 63.5 Å². The summed E-state index contributed by atoms with van der Waals surface area (Å²) in [4.78, 5) is 58.9.